The van der Waals surface area contributed by atoms with E-state index in [1.54, 1.807) is 24.1 Å². The van der Waals surface area contributed by atoms with Crippen LogP contribution in [0.4, 0.5) is 10.5 Å². The molecule has 0 unspecified atom stereocenters. The fourth-order valence-electron chi connectivity index (χ4n) is 1.49. The third-order valence-corrected chi connectivity index (χ3v) is 2.94. The summed E-state index contributed by atoms with van der Waals surface area (Å²) >= 11 is 5.83. The minimum absolute atomic E-state index is 0.103. The molecule has 1 aliphatic heterocycles. The highest BCUT2D eigenvalue weighted by Gasteiger charge is 2.25. The van der Waals surface area contributed by atoms with Crippen molar-refractivity contribution < 1.29 is 4.79 Å². The number of nitrogens with one attached hydrogen (secondary N) is 2. The maximum atomic E-state index is 11.8. The van der Waals surface area contributed by atoms with Gasteiger partial charge in [0.05, 0.1) is 6.04 Å². The zero-order valence-electron chi connectivity index (χ0n) is 9.03. The van der Waals surface area contributed by atoms with Crippen LogP contribution in [0.1, 0.15) is 0 Å². The molecule has 16 heavy (non-hydrogen) atoms. The maximum Gasteiger partial charge on any atom is 0.321 e. The molecule has 1 aliphatic rings. The lowest BCUT2D eigenvalue weighted by Gasteiger charge is -2.35. The Morgan fingerprint density at radius 3 is 2.88 bits per heavy atom. The van der Waals surface area contributed by atoms with E-state index in [1.807, 2.05) is 12.1 Å². The summed E-state index contributed by atoms with van der Waals surface area (Å²) in [6, 6.07) is 7.32. The van der Waals surface area contributed by atoms with Crippen LogP contribution in [0.3, 0.4) is 0 Å². The van der Waals surface area contributed by atoms with Crippen molar-refractivity contribution >= 4 is 23.3 Å². The van der Waals surface area contributed by atoms with Crippen molar-refractivity contribution in [1.29, 1.82) is 0 Å². The molecular formula is C11H14ClN3O. The topological polar surface area (TPSA) is 44.4 Å². The Morgan fingerprint density at radius 1 is 1.56 bits per heavy atom. The molecular weight excluding hydrogens is 226 g/mol. The second kappa shape index (κ2) is 4.72. The quantitative estimate of drug-likeness (QED) is 0.826. The number of hydrogen-bond acceptors (Lipinski definition) is 2. The zero-order chi connectivity index (χ0) is 11.5. The number of urea groups is 1. The number of carbonyl (C=O) groups excluding carboxylic acids is 1. The average molecular weight is 240 g/mol. The van der Waals surface area contributed by atoms with Crippen molar-refractivity contribution in [3.8, 4) is 0 Å². The van der Waals surface area contributed by atoms with E-state index in [0.29, 0.717) is 11.1 Å². The lowest BCUT2D eigenvalue weighted by molar-refractivity contribution is 0.180. The van der Waals surface area contributed by atoms with Gasteiger partial charge in [-0.05, 0) is 18.2 Å². The highest BCUT2D eigenvalue weighted by molar-refractivity contribution is 6.30. The number of carbonyl (C=O) groups is 1. The lowest BCUT2D eigenvalue weighted by Crippen LogP contribution is -2.58. The second-order valence-electron chi connectivity index (χ2n) is 3.86. The summed E-state index contributed by atoms with van der Waals surface area (Å²) in [6.45, 7) is 1.72. The van der Waals surface area contributed by atoms with Crippen LogP contribution in [-0.4, -0.2) is 37.1 Å². The molecule has 4 nitrogen and oxygen atoms in total. The molecule has 0 atom stereocenters. The monoisotopic (exact) mass is 239 g/mol. The third-order valence-electron chi connectivity index (χ3n) is 2.70. The van der Waals surface area contributed by atoms with Crippen molar-refractivity contribution in [3.05, 3.63) is 29.3 Å². The summed E-state index contributed by atoms with van der Waals surface area (Å²) in [6.07, 6.45) is 0. The maximum absolute atomic E-state index is 11.8. The molecule has 0 radical (unpaired) electrons. The van der Waals surface area contributed by atoms with E-state index in [9.17, 15) is 4.79 Å². The van der Waals surface area contributed by atoms with Gasteiger partial charge in [0.2, 0.25) is 0 Å². The summed E-state index contributed by atoms with van der Waals surface area (Å²) in [7, 11) is 1.80. The van der Waals surface area contributed by atoms with Gasteiger partial charge in [-0.2, -0.15) is 0 Å². The van der Waals surface area contributed by atoms with Gasteiger partial charge in [0.25, 0.3) is 0 Å². The number of anilines is 1. The zero-order valence-corrected chi connectivity index (χ0v) is 9.79. The molecule has 2 rings (SSSR count). The molecule has 0 aliphatic carbocycles. The van der Waals surface area contributed by atoms with Gasteiger partial charge >= 0.3 is 6.03 Å². The minimum Gasteiger partial charge on any atom is -0.322 e. The first-order valence-corrected chi connectivity index (χ1v) is 5.55. The number of halogens is 1. The molecule has 0 bridgehead atoms. The summed E-state index contributed by atoms with van der Waals surface area (Å²) in [5.41, 5.74) is 0.719. The van der Waals surface area contributed by atoms with E-state index in [-0.39, 0.29) is 6.03 Å². The van der Waals surface area contributed by atoms with Crippen LogP contribution in [0.25, 0.3) is 0 Å². The van der Waals surface area contributed by atoms with Gasteiger partial charge in [0, 0.05) is 30.8 Å². The van der Waals surface area contributed by atoms with E-state index in [4.69, 9.17) is 11.6 Å². The van der Waals surface area contributed by atoms with Crippen molar-refractivity contribution in [3.63, 3.8) is 0 Å². The van der Waals surface area contributed by atoms with Crippen LogP contribution in [0, 0.1) is 0 Å². The summed E-state index contributed by atoms with van der Waals surface area (Å²) in [5, 5.41) is 6.55. The molecule has 5 heteroatoms. The Hall–Kier alpha value is -1.26. The van der Waals surface area contributed by atoms with Crippen LogP contribution in [0.15, 0.2) is 24.3 Å². The Kier molecular flexibility index (Phi) is 3.31. The summed E-state index contributed by atoms with van der Waals surface area (Å²) in [4.78, 5) is 13.5. The molecule has 0 aromatic heterocycles. The van der Waals surface area contributed by atoms with Crippen molar-refractivity contribution in [2.75, 3.05) is 25.5 Å². The number of likely N-dealkylation sites (N-methyl/N-ethyl adjacent to an activating group) is 1. The van der Waals surface area contributed by atoms with Gasteiger partial charge in [0.1, 0.15) is 0 Å². The molecule has 1 fully saturated rings. The predicted octanol–water partition coefficient (Wildman–Crippen LogP) is 1.78. The third kappa shape index (κ3) is 2.46. The van der Waals surface area contributed by atoms with Crippen LogP contribution >= 0.6 is 11.6 Å². The molecule has 1 aromatic carbocycles. The van der Waals surface area contributed by atoms with Gasteiger partial charge in [-0.25, -0.2) is 4.79 Å². The number of amides is 2. The van der Waals surface area contributed by atoms with Crippen LogP contribution in [0.2, 0.25) is 5.02 Å². The molecule has 2 N–H and O–H groups in total. The number of benzene rings is 1. The summed E-state index contributed by atoms with van der Waals surface area (Å²) < 4.78 is 0. The normalized spacial score (nSPS) is 15.4. The van der Waals surface area contributed by atoms with Gasteiger partial charge in [-0.15, -0.1) is 0 Å². The van der Waals surface area contributed by atoms with Crippen molar-refractivity contribution in [2.45, 2.75) is 6.04 Å². The molecule has 1 saturated heterocycles. The van der Waals surface area contributed by atoms with Crippen LogP contribution in [0.5, 0.6) is 0 Å². The fraction of sp³-hybridized carbons (Fsp3) is 0.364. The first-order valence-electron chi connectivity index (χ1n) is 5.17. The average Bonchev–Trinajstić information content (AvgIpc) is 2.14. The molecule has 0 saturated carbocycles. The molecule has 86 valence electrons. The van der Waals surface area contributed by atoms with E-state index in [2.05, 4.69) is 10.6 Å². The van der Waals surface area contributed by atoms with Crippen molar-refractivity contribution in [2.24, 2.45) is 0 Å². The first-order chi connectivity index (χ1) is 7.66. The van der Waals surface area contributed by atoms with E-state index in [0.717, 1.165) is 18.8 Å². The Balaban J connectivity index is 1.96. The molecule has 1 heterocycles. The molecule has 2 amide bonds. The standard InChI is InChI=1S/C11H14ClN3O/c1-15(10-6-13-7-10)11(16)14-9-4-2-3-8(12)5-9/h2-5,10,13H,6-7H2,1H3,(H,14,16). The van der Waals surface area contributed by atoms with Crippen LogP contribution < -0.4 is 10.6 Å². The highest BCUT2D eigenvalue weighted by atomic mass is 35.5. The summed E-state index contributed by atoms with van der Waals surface area (Å²) in [5.74, 6) is 0. The van der Waals surface area contributed by atoms with E-state index in [1.165, 1.54) is 0 Å². The second-order valence-corrected chi connectivity index (χ2v) is 4.30. The van der Waals surface area contributed by atoms with Crippen LogP contribution in [-0.2, 0) is 0 Å². The lowest BCUT2D eigenvalue weighted by atomic mass is 10.1. The van der Waals surface area contributed by atoms with Gasteiger partial charge in [-0.1, -0.05) is 17.7 Å². The van der Waals surface area contributed by atoms with E-state index < -0.39 is 0 Å². The fourth-order valence-corrected chi connectivity index (χ4v) is 1.68. The molecule has 0 spiro atoms. The Morgan fingerprint density at radius 2 is 2.31 bits per heavy atom. The number of rotatable bonds is 2. The van der Waals surface area contributed by atoms with Gasteiger partial charge in [-0.3, -0.25) is 0 Å². The SMILES string of the molecule is CN(C(=O)Nc1cccc(Cl)c1)C1CNC1. The Bertz CT molecular complexity index is 393. The predicted molar refractivity (Wildman–Crippen MR) is 64.9 cm³/mol. The Labute approximate surface area is 99.6 Å². The minimum atomic E-state index is -0.103. The van der Waals surface area contributed by atoms with Gasteiger partial charge < -0.3 is 15.5 Å². The van der Waals surface area contributed by atoms with E-state index >= 15 is 0 Å². The first kappa shape index (κ1) is 11.2. The van der Waals surface area contributed by atoms with Crippen molar-refractivity contribution in [1.82, 2.24) is 10.2 Å². The highest BCUT2D eigenvalue weighted by Crippen LogP contribution is 2.15. The smallest absolute Gasteiger partial charge is 0.321 e. The largest absolute Gasteiger partial charge is 0.322 e. The molecule has 1 aromatic rings. The number of nitrogens with zero attached hydrogens (tertiary/aromatic N) is 1. The van der Waals surface area contributed by atoms with Gasteiger partial charge in [0.15, 0.2) is 0 Å². The number of hydrogen-bond donors (Lipinski definition) is 2.